The third-order valence-electron chi connectivity index (χ3n) is 5.80. The van der Waals surface area contributed by atoms with Crippen LogP contribution in [-0.4, -0.2) is 41.1 Å². The lowest BCUT2D eigenvalue weighted by Gasteiger charge is -2.20. The quantitative estimate of drug-likeness (QED) is 0.608. The van der Waals surface area contributed by atoms with Gasteiger partial charge in [0.15, 0.2) is 0 Å². The highest BCUT2D eigenvalue weighted by Crippen LogP contribution is 2.52. The molecule has 2 bridgehead atoms. The third kappa shape index (κ3) is 2.68. The van der Waals surface area contributed by atoms with Crippen LogP contribution < -0.4 is 0 Å². The Morgan fingerprint density at radius 2 is 1.68 bits per heavy atom. The number of amides is 3. The molecular weight excluding hydrogens is 316 g/mol. The number of benzene rings is 1. The number of rotatable bonds is 5. The second kappa shape index (κ2) is 6.14. The van der Waals surface area contributed by atoms with Crippen LogP contribution in [-0.2, 0) is 20.9 Å². The fraction of sp³-hybridized carbons (Fsp3) is 0.450. The van der Waals surface area contributed by atoms with Crippen molar-refractivity contribution in [2.24, 2.45) is 23.7 Å². The molecule has 0 spiro atoms. The molecule has 0 N–H and O–H groups in total. The van der Waals surface area contributed by atoms with Gasteiger partial charge in [-0.1, -0.05) is 42.5 Å². The van der Waals surface area contributed by atoms with Crippen LogP contribution in [0.25, 0.3) is 0 Å². The van der Waals surface area contributed by atoms with E-state index < -0.39 is 0 Å². The average Bonchev–Trinajstić information content (AvgIpc) is 3.28. The number of hydrogen-bond donors (Lipinski definition) is 0. The summed E-state index contributed by atoms with van der Waals surface area (Å²) in [6.45, 7) is 0.725. The maximum absolute atomic E-state index is 12.6. The van der Waals surface area contributed by atoms with Gasteiger partial charge in [-0.05, 0) is 23.8 Å². The van der Waals surface area contributed by atoms with Gasteiger partial charge in [0, 0.05) is 26.6 Å². The normalized spacial score (nSPS) is 29.4. The van der Waals surface area contributed by atoms with Gasteiger partial charge in [0.2, 0.25) is 17.7 Å². The van der Waals surface area contributed by atoms with Crippen LogP contribution in [0.2, 0.25) is 0 Å². The van der Waals surface area contributed by atoms with Crippen molar-refractivity contribution in [3.8, 4) is 0 Å². The van der Waals surface area contributed by atoms with Crippen molar-refractivity contribution in [2.45, 2.75) is 19.4 Å². The van der Waals surface area contributed by atoms with Crippen LogP contribution in [0.3, 0.4) is 0 Å². The van der Waals surface area contributed by atoms with Crippen molar-refractivity contribution < 1.29 is 14.4 Å². The van der Waals surface area contributed by atoms with Gasteiger partial charge in [0.1, 0.15) is 0 Å². The van der Waals surface area contributed by atoms with Crippen LogP contribution in [0.4, 0.5) is 0 Å². The predicted octanol–water partition coefficient (Wildman–Crippen LogP) is 1.84. The number of likely N-dealkylation sites (tertiary alicyclic amines) is 1. The Hall–Kier alpha value is -2.43. The molecule has 4 atom stereocenters. The first kappa shape index (κ1) is 16.1. The van der Waals surface area contributed by atoms with Gasteiger partial charge < -0.3 is 4.90 Å². The van der Waals surface area contributed by atoms with Crippen molar-refractivity contribution in [1.82, 2.24) is 9.80 Å². The summed E-state index contributed by atoms with van der Waals surface area (Å²) in [6.07, 6.45) is 5.28. The number of fused-ring (bicyclic) bond motifs is 5. The number of carbonyl (C=O) groups is 3. The van der Waals surface area contributed by atoms with Crippen LogP contribution >= 0.6 is 0 Å². The highest BCUT2D eigenvalue weighted by Gasteiger charge is 2.59. The Balaban J connectivity index is 1.35. The van der Waals surface area contributed by atoms with E-state index in [0.717, 1.165) is 12.0 Å². The number of nitrogens with zero attached hydrogens (tertiary/aromatic N) is 2. The summed E-state index contributed by atoms with van der Waals surface area (Å²) in [5, 5.41) is 0. The molecule has 3 aliphatic rings. The number of imide groups is 1. The Bertz CT molecular complexity index is 713. The minimum absolute atomic E-state index is 0.0531. The highest BCUT2D eigenvalue weighted by molar-refractivity contribution is 6.06. The van der Waals surface area contributed by atoms with Crippen LogP contribution in [0.15, 0.2) is 42.5 Å². The van der Waals surface area contributed by atoms with Gasteiger partial charge in [0.05, 0.1) is 11.8 Å². The SMILES string of the molecule is CN(Cc1ccccc1)C(=O)CCN1C(=O)[C@@H]2[C@@H](C1=O)[C@H]1C=C[C@H]2C1. The molecule has 0 radical (unpaired) electrons. The zero-order chi connectivity index (χ0) is 17.6. The molecule has 4 rings (SSSR count). The standard InChI is InChI=1S/C20H22N2O3/c1-21(12-13-5-3-2-4-6-13)16(23)9-10-22-19(24)17-14-7-8-15(11-14)18(17)20(22)25/h2-8,14-15,17-18H,9-12H2,1H3/t14-,15-,17-,18-/m0/s1. The van der Waals surface area contributed by atoms with Gasteiger partial charge in [-0.25, -0.2) is 0 Å². The number of hydrogen-bond acceptors (Lipinski definition) is 3. The average molecular weight is 338 g/mol. The largest absolute Gasteiger partial charge is 0.341 e. The molecule has 5 heteroatoms. The molecule has 0 unspecified atom stereocenters. The summed E-state index contributed by atoms with van der Waals surface area (Å²) in [7, 11) is 1.75. The van der Waals surface area contributed by atoms with E-state index in [2.05, 4.69) is 12.2 Å². The van der Waals surface area contributed by atoms with E-state index in [0.29, 0.717) is 6.54 Å². The molecule has 130 valence electrons. The zero-order valence-corrected chi connectivity index (χ0v) is 14.3. The van der Waals surface area contributed by atoms with Crippen molar-refractivity contribution in [2.75, 3.05) is 13.6 Å². The topological polar surface area (TPSA) is 57.7 Å². The summed E-state index contributed by atoms with van der Waals surface area (Å²) in [6, 6.07) is 9.77. The minimum atomic E-state index is -0.181. The Morgan fingerprint density at radius 1 is 1.08 bits per heavy atom. The zero-order valence-electron chi connectivity index (χ0n) is 14.3. The minimum Gasteiger partial charge on any atom is -0.341 e. The van der Waals surface area contributed by atoms with Gasteiger partial charge in [-0.3, -0.25) is 19.3 Å². The van der Waals surface area contributed by atoms with Crippen molar-refractivity contribution in [3.05, 3.63) is 48.0 Å². The number of allylic oxidation sites excluding steroid dienone is 2. The molecule has 1 aromatic carbocycles. The van der Waals surface area contributed by atoms with Crippen molar-refractivity contribution in [3.63, 3.8) is 0 Å². The monoisotopic (exact) mass is 338 g/mol. The molecule has 1 heterocycles. The molecule has 5 nitrogen and oxygen atoms in total. The molecule has 0 aromatic heterocycles. The van der Waals surface area contributed by atoms with Gasteiger partial charge >= 0.3 is 0 Å². The third-order valence-corrected chi connectivity index (χ3v) is 5.80. The maximum Gasteiger partial charge on any atom is 0.233 e. The lowest BCUT2D eigenvalue weighted by atomic mass is 9.85. The molecule has 1 saturated carbocycles. The summed E-state index contributed by atoms with van der Waals surface area (Å²) in [5.41, 5.74) is 1.06. The van der Waals surface area contributed by atoms with Gasteiger partial charge in [0.25, 0.3) is 0 Å². The fourth-order valence-corrected chi connectivity index (χ4v) is 4.53. The second-order valence-electron chi connectivity index (χ2n) is 7.31. The van der Waals surface area contributed by atoms with E-state index in [1.54, 1.807) is 11.9 Å². The van der Waals surface area contributed by atoms with E-state index in [-0.39, 0.29) is 54.4 Å². The molecule has 2 aliphatic carbocycles. The maximum atomic E-state index is 12.6. The van der Waals surface area contributed by atoms with Crippen molar-refractivity contribution in [1.29, 1.82) is 0 Å². The van der Waals surface area contributed by atoms with E-state index in [4.69, 9.17) is 0 Å². The fourth-order valence-electron chi connectivity index (χ4n) is 4.53. The Labute approximate surface area is 147 Å². The van der Waals surface area contributed by atoms with Gasteiger partial charge in [-0.2, -0.15) is 0 Å². The van der Waals surface area contributed by atoms with Crippen LogP contribution in [0.1, 0.15) is 18.4 Å². The first-order valence-corrected chi connectivity index (χ1v) is 8.87. The molecule has 2 fully saturated rings. The summed E-state index contributed by atoms with van der Waals surface area (Å²) in [4.78, 5) is 40.6. The van der Waals surface area contributed by atoms with Crippen LogP contribution in [0, 0.1) is 23.7 Å². The first-order chi connectivity index (χ1) is 12.1. The van der Waals surface area contributed by atoms with E-state index in [1.165, 1.54) is 4.90 Å². The summed E-state index contributed by atoms with van der Waals surface area (Å²) >= 11 is 0. The molecular formula is C20H22N2O3. The van der Waals surface area contributed by atoms with E-state index in [1.807, 2.05) is 30.3 Å². The lowest BCUT2D eigenvalue weighted by molar-refractivity contribution is -0.141. The Kier molecular flexibility index (Phi) is 3.94. The molecule has 1 aliphatic heterocycles. The molecule has 25 heavy (non-hydrogen) atoms. The summed E-state index contributed by atoms with van der Waals surface area (Å²) in [5.74, 6) is -0.140. The molecule has 3 amide bonds. The predicted molar refractivity (Wildman–Crippen MR) is 92.0 cm³/mol. The number of carbonyl (C=O) groups excluding carboxylic acids is 3. The second-order valence-corrected chi connectivity index (χ2v) is 7.31. The van der Waals surface area contributed by atoms with E-state index >= 15 is 0 Å². The van der Waals surface area contributed by atoms with Crippen LogP contribution in [0.5, 0.6) is 0 Å². The lowest BCUT2D eigenvalue weighted by Crippen LogP contribution is -2.37. The highest BCUT2D eigenvalue weighted by atomic mass is 16.2. The first-order valence-electron chi connectivity index (χ1n) is 8.87. The van der Waals surface area contributed by atoms with Crippen molar-refractivity contribution >= 4 is 17.7 Å². The van der Waals surface area contributed by atoms with Gasteiger partial charge in [-0.15, -0.1) is 0 Å². The molecule has 1 aromatic rings. The van der Waals surface area contributed by atoms with E-state index in [9.17, 15) is 14.4 Å². The smallest absolute Gasteiger partial charge is 0.233 e. The molecule has 1 saturated heterocycles. The summed E-state index contributed by atoms with van der Waals surface area (Å²) < 4.78 is 0. The Morgan fingerprint density at radius 3 is 2.28 bits per heavy atom.